The Morgan fingerprint density at radius 3 is 2.73 bits per heavy atom. The largest absolute Gasteiger partial charge is 0.326 e. The van der Waals surface area contributed by atoms with Crippen LogP contribution in [0.5, 0.6) is 0 Å². The Morgan fingerprint density at radius 1 is 1.15 bits per heavy atom. The van der Waals surface area contributed by atoms with Crippen molar-refractivity contribution in [3.8, 4) is 0 Å². The molecule has 1 aromatic carbocycles. The van der Waals surface area contributed by atoms with Crippen LogP contribution in [-0.4, -0.2) is 35.7 Å². The number of nitrogens with one attached hydrogen (secondary N) is 2. The van der Waals surface area contributed by atoms with Gasteiger partial charge < -0.3 is 10.2 Å². The molecular formula is C19H21N3O3S. The molecular weight excluding hydrogens is 350 g/mol. The zero-order valence-electron chi connectivity index (χ0n) is 14.5. The van der Waals surface area contributed by atoms with E-state index in [-0.39, 0.29) is 23.6 Å². The van der Waals surface area contributed by atoms with E-state index in [2.05, 4.69) is 10.6 Å². The number of amides is 3. The zero-order chi connectivity index (χ0) is 18.5. The summed E-state index contributed by atoms with van der Waals surface area (Å²) in [6.07, 6.45) is 1.52. The van der Waals surface area contributed by atoms with E-state index in [0.29, 0.717) is 24.3 Å². The van der Waals surface area contributed by atoms with Gasteiger partial charge in [0.2, 0.25) is 5.91 Å². The van der Waals surface area contributed by atoms with Gasteiger partial charge in [0.15, 0.2) is 5.78 Å². The van der Waals surface area contributed by atoms with Gasteiger partial charge in [-0.3, -0.25) is 14.9 Å². The molecule has 2 heterocycles. The number of anilines is 2. The minimum absolute atomic E-state index is 0.0461. The molecule has 7 heteroatoms. The van der Waals surface area contributed by atoms with Gasteiger partial charge in [-0.05, 0) is 49.4 Å². The molecule has 0 bridgehead atoms. The van der Waals surface area contributed by atoms with Gasteiger partial charge in [-0.15, -0.1) is 11.3 Å². The number of urea groups is 1. The van der Waals surface area contributed by atoms with Crippen LogP contribution < -0.4 is 10.6 Å². The van der Waals surface area contributed by atoms with Crippen molar-refractivity contribution in [1.29, 1.82) is 0 Å². The third-order valence-corrected chi connectivity index (χ3v) is 5.15. The summed E-state index contributed by atoms with van der Waals surface area (Å²) in [6.45, 7) is 2.52. The van der Waals surface area contributed by atoms with Crippen molar-refractivity contribution in [2.45, 2.75) is 19.8 Å². The Hall–Kier alpha value is -2.67. The lowest BCUT2D eigenvalue weighted by Crippen LogP contribution is -2.45. The molecule has 1 aliphatic rings. The predicted octanol–water partition coefficient (Wildman–Crippen LogP) is 3.83. The van der Waals surface area contributed by atoms with Crippen molar-refractivity contribution in [3.63, 3.8) is 0 Å². The third-order valence-electron chi connectivity index (χ3n) is 4.37. The van der Waals surface area contributed by atoms with Crippen molar-refractivity contribution in [1.82, 2.24) is 4.90 Å². The topological polar surface area (TPSA) is 78.5 Å². The first-order chi connectivity index (χ1) is 12.5. The van der Waals surface area contributed by atoms with Crippen molar-refractivity contribution in [3.05, 3.63) is 47.3 Å². The van der Waals surface area contributed by atoms with E-state index < -0.39 is 0 Å². The average Bonchev–Trinajstić information content (AvgIpc) is 3.15. The molecule has 0 aliphatic carbocycles. The Kier molecular flexibility index (Phi) is 5.68. The number of benzene rings is 1. The Bertz CT molecular complexity index is 804. The highest BCUT2D eigenvalue weighted by Gasteiger charge is 2.28. The monoisotopic (exact) mass is 371 g/mol. The van der Waals surface area contributed by atoms with Gasteiger partial charge in [-0.25, -0.2) is 4.79 Å². The van der Waals surface area contributed by atoms with Crippen molar-refractivity contribution in [2.24, 2.45) is 5.92 Å². The van der Waals surface area contributed by atoms with Gasteiger partial charge in [0.25, 0.3) is 0 Å². The Balaban J connectivity index is 1.60. The van der Waals surface area contributed by atoms with Crippen LogP contribution in [0.2, 0.25) is 0 Å². The van der Waals surface area contributed by atoms with E-state index in [1.807, 2.05) is 17.5 Å². The highest BCUT2D eigenvalue weighted by atomic mass is 32.1. The number of hydrogen-bond donors (Lipinski definition) is 2. The minimum atomic E-state index is -0.265. The highest BCUT2D eigenvalue weighted by Crippen LogP contribution is 2.21. The fraction of sp³-hybridized carbons (Fsp3) is 0.316. The first kappa shape index (κ1) is 18.1. The van der Waals surface area contributed by atoms with Crippen LogP contribution in [-0.2, 0) is 4.79 Å². The summed E-state index contributed by atoms with van der Waals surface area (Å²) in [5.41, 5.74) is 1.16. The van der Waals surface area contributed by atoms with Crippen LogP contribution in [0.3, 0.4) is 0 Å². The maximum Gasteiger partial charge on any atom is 0.322 e. The lowest BCUT2D eigenvalue weighted by molar-refractivity contribution is -0.121. The number of ketones is 1. The molecule has 3 amide bonds. The number of piperidine rings is 1. The van der Waals surface area contributed by atoms with Gasteiger partial charge in [-0.2, -0.15) is 0 Å². The molecule has 1 unspecified atom stereocenters. The number of nitrogens with zero attached hydrogens (tertiary/aromatic N) is 1. The van der Waals surface area contributed by atoms with Crippen molar-refractivity contribution in [2.75, 3.05) is 23.7 Å². The van der Waals surface area contributed by atoms with Gasteiger partial charge in [-0.1, -0.05) is 12.1 Å². The van der Waals surface area contributed by atoms with Crippen LogP contribution in [0.15, 0.2) is 41.8 Å². The number of rotatable bonds is 4. The van der Waals surface area contributed by atoms with E-state index in [0.717, 1.165) is 17.8 Å². The maximum atomic E-state index is 12.6. The fourth-order valence-corrected chi connectivity index (χ4v) is 3.58. The summed E-state index contributed by atoms with van der Waals surface area (Å²) < 4.78 is 0. The van der Waals surface area contributed by atoms with Crippen LogP contribution in [0.1, 0.15) is 30.1 Å². The van der Waals surface area contributed by atoms with Gasteiger partial charge >= 0.3 is 6.03 Å². The summed E-state index contributed by atoms with van der Waals surface area (Å²) in [6, 6.07) is 10.4. The number of carbonyl (C=O) groups is 3. The van der Waals surface area contributed by atoms with Crippen molar-refractivity contribution >= 4 is 39.7 Å². The van der Waals surface area contributed by atoms with Crippen LogP contribution in [0.25, 0.3) is 0 Å². The lowest BCUT2D eigenvalue weighted by Gasteiger charge is -2.31. The van der Waals surface area contributed by atoms with Crippen LogP contribution in [0.4, 0.5) is 15.5 Å². The maximum absolute atomic E-state index is 12.6. The average molecular weight is 371 g/mol. The molecule has 2 N–H and O–H groups in total. The molecule has 1 aliphatic heterocycles. The molecule has 1 aromatic heterocycles. The highest BCUT2D eigenvalue weighted by molar-refractivity contribution is 7.14. The lowest BCUT2D eigenvalue weighted by atomic mass is 9.97. The van der Waals surface area contributed by atoms with Crippen LogP contribution >= 0.6 is 11.3 Å². The first-order valence-corrected chi connectivity index (χ1v) is 9.42. The quantitative estimate of drug-likeness (QED) is 0.802. The second-order valence-electron chi connectivity index (χ2n) is 6.32. The summed E-state index contributed by atoms with van der Waals surface area (Å²) >= 11 is 1.46. The summed E-state index contributed by atoms with van der Waals surface area (Å²) in [5, 5.41) is 8.42. The van der Waals surface area contributed by atoms with Crippen molar-refractivity contribution < 1.29 is 14.4 Å². The van der Waals surface area contributed by atoms with E-state index in [9.17, 15) is 14.4 Å². The molecule has 1 saturated heterocycles. The molecule has 2 aromatic rings. The van der Waals surface area contributed by atoms with E-state index in [1.165, 1.54) is 18.3 Å². The number of Topliss-reactive ketones (excluding diaryl/α,β-unsaturated/α-hetero) is 1. The van der Waals surface area contributed by atoms with E-state index in [1.54, 1.807) is 29.2 Å². The SMILES string of the molecule is CC(=O)c1cccc(NC(=O)C2CCCN(C(=O)Nc3cccs3)C2)c1. The third kappa shape index (κ3) is 4.49. The molecule has 0 spiro atoms. The van der Waals surface area contributed by atoms with Gasteiger partial charge in [0.05, 0.1) is 10.9 Å². The van der Waals surface area contributed by atoms with Gasteiger partial charge in [0.1, 0.15) is 0 Å². The van der Waals surface area contributed by atoms with E-state index in [4.69, 9.17) is 0 Å². The normalized spacial score (nSPS) is 16.8. The predicted molar refractivity (Wildman–Crippen MR) is 103 cm³/mol. The molecule has 3 rings (SSSR count). The molecule has 0 radical (unpaired) electrons. The minimum Gasteiger partial charge on any atom is -0.326 e. The molecule has 0 saturated carbocycles. The molecule has 26 heavy (non-hydrogen) atoms. The molecule has 136 valence electrons. The molecule has 1 atom stereocenters. The number of carbonyl (C=O) groups excluding carboxylic acids is 3. The molecule has 6 nitrogen and oxygen atoms in total. The zero-order valence-corrected chi connectivity index (χ0v) is 15.3. The Morgan fingerprint density at radius 2 is 2.00 bits per heavy atom. The number of likely N-dealkylation sites (tertiary alicyclic amines) is 1. The molecule has 1 fully saturated rings. The standard InChI is InChI=1S/C19H21N3O3S/c1-13(23)14-5-2-7-16(11-14)20-18(24)15-6-3-9-22(12-15)19(25)21-17-8-4-10-26-17/h2,4-5,7-8,10-11,15H,3,6,9,12H2,1H3,(H,20,24)(H,21,25). The second kappa shape index (κ2) is 8.14. The number of thiophene rings is 1. The smallest absolute Gasteiger partial charge is 0.322 e. The first-order valence-electron chi connectivity index (χ1n) is 8.54. The van der Waals surface area contributed by atoms with Crippen LogP contribution in [0, 0.1) is 5.92 Å². The summed E-state index contributed by atoms with van der Waals surface area (Å²) in [7, 11) is 0. The second-order valence-corrected chi connectivity index (χ2v) is 7.27. The van der Waals surface area contributed by atoms with Gasteiger partial charge in [0, 0.05) is 24.3 Å². The Labute approximate surface area is 156 Å². The fourth-order valence-electron chi connectivity index (χ4n) is 2.97. The summed E-state index contributed by atoms with van der Waals surface area (Å²) in [5.74, 6) is -0.437. The number of hydrogen-bond acceptors (Lipinski definition) is 4. The van der Waals surface area contributed by atoms with E-state index >= 15 is 0 Å². The summed E-state index contributed by atoms with van der Waals surface area (Å²) in [4.78, 5) is 38.1.